The van der Waals surface area contributed by atoms with Crippen molar-refractivity contribution in [2.45, 2.75) is 20.3 Å². The molecule has 0 atom stereocenters. The molecule has 3 rings (SSSR count). The molecule has 0 N–H and O–H groups in total. The van der Waals surface area contributed by atoms with Gasteiger partial charge in [0.25, 0.3) is 0 Å². The van der Waals surface area contributed by atoms with Crippen LogP contribution < -0.4 is 4.74 Å². The second kappa shape index (κ2) is 5.78. The largest absolute Gasteiger partial charge is 0.497 e. The second-order valence-electron chi connectivity index (χ2n) is 5.44. The molecular weight excluding hydrogens is 296 g/mol. The SMILES string of the molecule is COc1ccc(-c2nc3sc(CC(C)C)nn3c2C#N)cc1. The van der Waals surface area contributed by atoms with Crippen molar-refractivity contribution >= 4 is 16.3 Å². The molecule has 0 aliphatic heterocycles. The lowest BCUT2D eigenvalue weighted by Gasteiger charge is -2.01. The highest BCUT2D eigenvalue weighted by Crippen LogP contribution is 2.28. The summed E-state index contributed by atoms with van der Waals surface area (Å²) < 4.78 is 6.81. The third-order valence-corrected chi connectivity index (χ3v) is 4.23. The molecule has 2 heterocycles. The lowest BCUT2D eigenvalue weighted by atomic mass is 10.1. The first-order valence-corrected chi connectivity index (χ1v) is 7.87. The number of benzene rings is 1. The topological polar surface area (TPSA) is 63.2 Å². The van der Waals surface area contributed by atoms with Crippen molar-refractivity contribution in [3.8, 4) is 23.1 Å². The van der Waals surface area contributed by atoms with E-state index in [4.69, 9.17) is 4.74 Å². The van der Waals surface area contributed by atoms with Crippen molar-refractivity contribution in [2.24, 2.45) is 5.92 Å². The minimum atomic E-state index is 0.478. The van der Waals surface area contributed by atoms with Gasteiger partial charge in [-0.1, -0.05) is 25.2 Å². The molecule has 0 aliphatic rings. The summed E-state index contributed by atoms with van der Waals surface area (Å²) in [5.41, 5.74) is 2.03. The molecule has 0 spiro atoms. The summed E-state index contributed by atoms with van der Waals surface area (Å²) in [4.78, 5) is 5.35. The zero-order valence-corrected chi connectivity index (χ0v) is 13.5. The van der Waals surface area contributed by atoms with Gasteiger partial charge in [0.1, 0.15) is 22.5 Å². The van der Waals surface area contributed by atoms with E-state index in [1.165, 1.54) is 0 Å². The highest BCUT2D eigenvalue weighted by Gasteiger charge is 2.18. The number of fused-ring (bicyclic) bond motifs is 1. The number of hydrogen-bond acceptors (Lipinski definition) is 5. The maximum absolute atomic E-state index is 9.49. The van der Waals surface area contributed by atoms with Crippen LogP contribution in [0.15, 0.2) is 24.3 Å². The molecule has 6 heteroatoms. The average Bonchev–Trinajstić information content (AvgIpc) is 3.03. The molecule has 3 aromatic rings. The van der Waals surface area contributed by atoms with Gasteiger partial charge in [0, 0.05) is 12.0 Å². The van der Waals surface area contributed by atoms with Gasteiger partial charge >= 0.3 is 0 Å². The quantitative estimate of drug-likeness (QED) is 0.739. The lowest BCUT2D eigenvalue weighted by Crippen LogP contribution is -1.96. The predicted octanol–water partition coefficient (Wildman–Crippen LogP) is 3.54. The molecule has 0 saturated carbocycles. The highest BCUT2D eigenvalue weighted by atomic mass is 32.1. The van der Waals surface area contributed by atoms with Gasteiger partial charge in [-0.15, -0.1) is 0 Å². The van der Waals surface area contributed by atoms with E-state index in [-0.39, 0.29) is 0 Å². The fourth-order valence-corrected chi connectivity index (χ4v) is 3.38. The van der Waals surface area contributed by atoms with Crippen LogP contribution in [-0.2, 0) is 6.42 Å². The molecule has 0 unspecified atom stereocenters. The van der Waals surface area contributed by atoms with E-state index in [1.54, 1.807) is 23.0 Å². The first-order chi connectivity index (χ1) is 10.6. The molecule has 0 aliphatic carbocycles. The van der Waals surface area contributed by atoms with Gasteiger partial charge in [0.05, 0.1) is 7.11 Å². The summed E-state index contributed by atoms with van der Waals surface area (Å²) in [6, 6.07) is 9.76. The number of nitrogens with zero attached hydrogens (tertiary/aromatic N) is 4. The fraction of sp³-hybridized carbons (Fsp3) is 0.312. The smallest absolute Gasteiger partial charge is 0.214 e. The number of methoxy groups -OCH3 is 1. The zero-order chi connectivity index (χ0) is 15.7. The van der Waals surface area contributed by atoms with Gasteiger partial charge in [-0.3, -0.25) is 0 Å². The monoisotopic (exact) mass is 312 g/mol. The Morgan fingerprint density at radius 2 is 2.05 bits per heavy atom. The molecule has 112 valence electrons. The van der Waals surface area contributed by atoms with Gasteiger partial charge < -0.3 is 4.74 Å². The van der Waals surface area contributed by atoms with Gasteiger partial charge in [-0.05, 0) is 30.2 Å². The van der Waals surface area contributed by atoms with Crippen LogP contribution in [0.25, 0.3) is 16.2 Å². The third kappa shape index (κ3) is 2.55. The molecule has 0 bridgehead atoms. The van der Waals surface area contributed by atoms with Gasteiger partial charge in [0.2, 0.25) is 4.96 Å². The lowest BCUT2D eigenvalue weighted by molar-refractivity contribution is 0.415. The highest BCUT2D eigenvalue weighted by molar-refractivity contribution is 7.16. The van der Waals surface area contributed by atoms with Crippen molar-refractivity contribution < 1.29 is 4.74 Å². The average molecular weight is 312 g/mol. The normalized spacial score (nSPS) is 11.0. The van der Waals surface area contributed by atoms with Crippen LogP contribution in [0.1, 0.15) is 24.5 Å². The Kier molecular flexibility index (Phi) is 3.82. The van der Waals surface area contributed by atoms with E-state index in [9.17, 15) is 5.26 Å². The Morgan fingerprint density at radius 1 is 1.32 bits per heavy atom. The number of nitriles is 1. The third-order valence-electron chi connectivity index (χ3n) is 3.30. The van der Waals surface area contributed by atoms with Crippen molar-refractivity contribution in [3.05, 3.63) is 35.0 Å². The summed E-state index contributed by atoms with van der Waals surface area (Å²) >= 11 is 1.54. The van der Waals surface area contributed by atoms with Gasteiger partial charge in [-0.2, -0.15) is 14.9 Å². The second-order valence-corrected chi connectivity index (χ2v) is 6.48. The number of imidazole rings is 1. The van der Waals surface area contributed by atoms with E-state index in [0.717, 1.165) is 27.7 Å². The van der Waals surface area contributed by atoms with E-state index in [0.29, 0.717) is 17.3 Å². The molecule has 0 radical (unpaired) electrons. The van der Waals surface area contributed by atoms with Crippen LogP contribution in [0.3, 0.4) is 0 Å². The van der Waals surface area contributed by atoms with E-state index in [2.05, 4.69) is 30.0 Å². The van der Waals surface area contributed by atoms with E-state index >= 15 is 0 Å². The maximum Gasteiger partial charge on any atom is 0.214 e. The van der Waals surface area contributed by atoms with Crippen LogP contribution in [0, 0.1) is 17.2 Å². The molecular formula is C16H16N4OS. The summed E-state index contributed by atoms with van der Waals surface area (Å²) in [5, 5.41) is 15.0. The minimum absolute atomic E-state index is 0.478. The van der Waals surface area contributed by atoms with Crippen LogP contribution in [0.4, 0.5) is 0 Å². The van der Waals surface area contributed by atoms with Crippen molar-refractivity contribution in [1.82, 2.24) is 14.6 Å². The number of rotatable bonds is 4. The van der Waals surface area contributed by atoms with Crippen molar-refractivity contribution in [3.63, 3.8) is 0 Å². The summed E-state index contributed by atoms with van der Waals surface area (Å²) in [5.74, 6) is 1.31. The zero-order valence-electron chi connectivity index (χ0n) is 12.7. The molecule has 2 aromatic heterocycles. The molecule has 1 aromatic carbocycles. The Hall–Kier alpha value is -2.39. The Bertz CT molecular complexity index is 840. The minimum Gasteiger partial charge on any atom is -0.497 e. The van der Waals surface area contributed by atoms with Gasteiger partial charge in [0.15, 0.2) is 5.69 Å². The van der Waals surface area contributed by atoms with Crippen LogP contribution in [-0.4, -0.2) is 21.7 Å². The van der Waals surface area contributed by atoms with Crippen molar-refractivity contribution in [2.75, 3.05) is 7.11 Å². The first-order valence-electron chi connectivity index (χ1n) is 7.05. The van der Waals surface area contributed by atoms with Gasteiger partial charge in [-0.25, -0.2) is 4.98 Å². The number of aromatic nitrogens is 3. The number of ether oxygens (including phenoxy) is 1. The molecule has 22 heavy (non-hydrogen) atoms. The van der Waals surface area contributed by atoms with Crippen LogP contribution in [0.5, 0.6) is 5.75 Å². The molecule has 0 fully saturated rings. The maximum atomic E-state index is 9.49. The first kappa shape index (κ1) is 14.5. The summed E-state index contributed by atoms with van der Waals surface area (Å²) in [6.45, 7) is 4.30. The van der Waals surface area contributed by atoms with Crippen LogP contribution >= 0.6 is 11.3 Å². The van der Waals surface area contributed by atoms with E-state index < -0.39 is 0 Å². The fourth-order valence-electron chi connectivity index (χ4n) is 2.27. The van der Waals surface area contributed by atoms with E-state index in [1.807, 2.05) is 24.3 Å². The van der Waals surface area contributed by atoms with Crippen LogP contribution in [0.2, 0.25) is 0 Å². The molecule has 5 nitrogen and oxygen atoms in total. The summed E-state index contributed by atoms with van der Waals surface area (Å²) in [6.07, 6.45) is 0.900. The summed E-state index contributed by atoms with van der Waals surface area (Å²) in [7, 11) is 1.63. The Labute approximate surface area is 132 Å². The number of hydrogen-bond donors (Lipinski definition) is 0. The predicted molar refractivity (Wildman–Crippen MR) is 86.1 cm³/mol. The Morgan fingerprint density at radius 3 is 2.64 bits per heavy atom. The standard InChI is InChI=1S/C16H16N4OS/c1-10(2)8-14-19-20-13(9-17)15(18-16(20)22-14)11-4-6-12(21-3)7-5-11/h4-7,10H,8H2,1-3H3. The Balaban J connectivity index is 2.06. The molecule has 0 saturated heterocycles. The molecule has 0 amide bonds. The van der Waals surface area contributed by atoms with Crippen molar-refractivity contribution in [1.29, 1.82) is 5.26 Å².